The van der Waals surface area contributed by atoms with Crippen molar-refractivity contribution in [3.63, 3.8) is 0 Å². The number of nitriles is 1. The maximum atomic E-state index is 12.9. The maximum Gasteiger partial charge on any atom is 0.124 e. The fourth-order valence-electron chi connectivity index (χ4n) is 1.13. The van der Waals surface area contributed by atoms with Gasteiger partial charge in [-0.15, -0.1) is 0 Å². The summed E-state index contributed by atoms with van der Waals surface area (Å²) in [4.78, 5) is 0. The van der Waals surface area contributed by atoms with Gasteiger partial charge in [-0.05, 0) is 24.7 Å². The zero-order valence-electron chi connectivity index (χ0n) is 8.47. The Morgan fingerprint density at radius 3 is 2.93 bits per heavy atom. The second-order valence-corrected chi connectivity index (χ2v) is 2.97. The van der Waals surface area contributed by atoms with Gasteiger partial charge < -0.3 is 5.32 Å². The lowest BCUT2D eigenvalue weighted by Crippen LogP contribution is -2.04. The Kier molecular flexibility index (Phi) is 4.34. The fourth-order valence-corrected chi connectivity index (χ4v) is 1.13. The number of halogens is 1. The minimum atomic E-state index is -0.328. The first-order chi connectivity index (χ1) is 7.27. The first kappa shape index (κ1) is 11.2. The number of hydrogen-bond donors (Lipinski definition) is 1. The summed E-state index contributed by atoms with van der Waals surface area (Å²) in [7, 11) is 1.79. The summed E-state index contributed by atoms with van der Waals surface area (Å²) in [6.45, 7) is 0.544. The number of hydrogen-bond acceptors (Lipinski definition) is 2. The van der Waals surface area contributed by atoms with E-state index in [0.29, 0.717) is 12.1 Å². The minimum absolute atomic E-state index is 0.254. The molecular weight excluding hydrogens is 191 g/mol. The van der Waals surface area contributed by atoms with Gasteiger partial charge in [0.2, 0.25) is 0 Å². The van der Waals surface area contributed by atoms with Gasteiger partial charge in [0.05, 0.1) is 19.0 Å². The first-order valence-corrected chi connectivity index (χ1v) is 4.56. The molecule has 0 saturated heterocycles. The van der Waals surface area contributed by atoms with Crippen molar-refractivity contribution in [2.45, 2.75) is 6.42 Å². The molecule has 15 heavy (non-hydrogen) atoms. The van der Waals surface area contributed by atoms with Crippen LogP contribution < -0.4 is 5.32 Å². The Hall–Kier alpha value is -1.84. The van der Waals surface area contributed by atoms with Gasteiger partial charge in [0, 0.05) is 5.56 Å². The Morgan fingerprint density at radius 1 is 1.47 bits per heavy atom. The monoisotopic (exact) mass is 202 g/mol. The third kappa shape index (κ3) is 3.42. The summed E-state index contributed by atoms with van der Waals surface area (Å²) < 4.78 is 12.9. The molecule has 0 amide bonds. The Morgan fingerprint density at radius 2 is 2.27 bits per heavy atom. The normalized spacial score (nSPS) is 8.87. The third-order valence-corrected chi connectivity index (χ3v) is 1.83. The largest absolute Gasteiger partial charge is 0.309 e. The van der Waals surface area contributed by atoms with Crippen molar-refractivity contribution in [1.29, 1.82) is 5.26 Å². The molecule has 0 aliphatic carbocycles. The molecular formula is C12H11FN2. The van der Waals surface area contributed by atoms with E-state index < -0.39 is 0 Å². The van der Waals surface area contributed by atoms with Gasteiger partial charge in [0.15, 0.2) is 0 Å². The average Bonchev–Trinajstić information content (AvgIpc) is 2.22. The van der Waals surface area contributed by atoms with Gasteiger partial charge in [-0.25, -0.2) is 4.39 Å². The van der Waals surface area contributed by atoms with E-state index in [1.54, 1.807) is 13.1 Å². The summed E-state index contributed by atoms with van der Waals surface area (Å²) in [6.07, 6.45) is 0.254. The highest BCUT2D eigenvalue weighted by atomic mass is 19.1. The van der Waals surface area contributed by atoms with Gasteiger partial charge in [-0.2, -0.15) is 5.26 Å². The zero-order valence-corrected chi connectivity index (χ0v) is 8.47. The molecule has 1 aromatic rings. The lowest BCUT2D eigenvalue weighted by atomic mass is 10.1. The van der Waals surface area contributed by atoms with Crippen LogP contribution in [0.5, 0.6) is 0 Å². The SMILES string of the molecule is CNCC#Cc1cc(F)ccc1CC#N. The molecule has 1 aromatic carbocycles. The van der Waals surface area contributed by atoms with E-state index in [1.165, 1.54) is 12.1 Å². The third-order valence-electron chi connectivity index (χ3n) is 1.83. The van der Waals surface area contributed by atoms with Crippen LogP contribution in [0.1, 0.15) is 11.1 Å². The molecule has 0 heterocycles. The second-order valence-electron chi connectivity index (χ2n) is 2.97. The second kappa shape index (κ2) is 5.80. The first-order valence-electron chi connectivity index (χ1n) is 4.56. The van der Waals surface area contributed by atoms with Crippen molar-refractivity contribution < 1.29 is 4.39 Å². The van der Waals surface area contributed by atoms with Crippen LogP contribution in [-0.2, 0) is 6.42 Å². The molecule has 0 aliphatic heterocycles. The molecule has 1 N–H and O–H groups in total. The Bertz CT molecular complexity index is 435. The molecule has 2 nitrogen and oxygen atoms in total. The van der Waals surface area contributed by atoms with Gasteiger partial charge in [-0.1, -0.05) is 17.9 Å². The minimum Gasteiger partial charge on any atom is -0.309 e. The molecule has 0 radical (unpaired) electrons. The van der Waals surface area contributed by atoms with Crippen LogP contribution in [0.4, 0.5) is 4.39 Å². The Balaban J connectivity index is 2.99. The van der Waals surface area contributed by atoms with Gasteiger partial charge in [0.25, 0.3) is 0 Å². The smallest absolute Gasteiger partial charge is 0.124 e. The average molecular weight is 202 g/mol. The van der Waals surface area contributed by atoms with Crippen molar-refractivity contribution in [3.05, 3.63) is 35.1 Å². The van der Waals surface area contributed by atoms with Crippen LogP contribution in [0.25, 0.3) is 0 Å². The van der Waals surface area contributed by atoms with Crippen molar-refractivity contribution in [2.24, 2.45) is 0 Å². The molecule has 0 aliphatic rings. The molecule has 0 saturated carbocycles. The fraction of sp³-hybridized carbons (Fsp3) is 0.250. The molecule has 0 atom stereocenters. The number of benzene rings is 1. The van der Waals surface area contributed by atoms with Crippen LogP contribution in [0, 0.1) is 29.0 Å². The molecule has 76 valence electrons. The molecule has 0 bridgehead atoms. The topological polar surface area (TPSA) is 35.8 Å². The van der Waals surface area contributed by atoms with Gasteiger partial charge in [-0.3, -0.25) is 0 Å². The number of nitrogens with zero attached hydrogens (tertiary/aromatic N) is 1. The molecule has 0 unspecified atom stereocenters. The van der Waals surface area contributed by atoms with E-state index in [-0.39, 0.29) is 12.2 Å². The van der Waals surface area contributed by atoms with E-state index in [2.05, 4.69) is 17.2 Å². The van der Waals surface area contributed by atoms with Crippen molar-refractivity contribution in [1.82, 2.24) is 5.32 Å². The Labute approximate surface area is 88.7 Å². The summed E-state index contributed by atoms with van der Waals surface area (Å²) in [5.74, 6) is 5.35. The molecule has 3 heteroatoms. The molecule has 0 fully saturated rings. The standard InChI is InChI=1S/C12H11FN2/c1-15-8-2-3-11-9-12(13)5-4-10(11)6-7-14/h4-5,9,15H,6,8H2,1H3. The van der Waals surface area contributed by atoms with Crippen LogP contribution >= 0.6 is 0 Å². The quantitative estimate of drug-likeness (QED) is 0.737. The highest BCUT2D eigenvalue weighted by Gasteiger charge is 2.00. The zero-order chi connectivity index (χ0) is 11.1. The van der Waals surface area contributed by atoms with Crippen LogP contribution in [-0.4, -0.2) is 13.6 Å². The summed E-state index contributed by atoms with van der Waals surface area (Å²) in [5.41, 5.74) is 1.36. The van der Waals surface area contributed by atoms with Crippen molar-refractivity contribution >= 4 is 0 Å². The number of rotatable bonds is 2. The summed E-state index contributed by atoms with van der Waals surface area (Å²) >= 11 is 0. The van der Waals surface area contributed by atoms with E-state index in [4.69, 9.17) is 5.26 Å². The van der Waals surface area contributed by atoms with Crippen molar-refractivity contribution in [3.8, 4) is 17.9 Å². The molecule has 0 spiro atoms. The van der Waals surface area contributed by atoms with Crippen LogP contribution in [0.15, 0.2) is 18.2 Å². The van der Waals surface area contributed by atoms with E-state index in [0.717, 1.165) is 5.56 Å². The van der Waals surface area contributed by atoms with E-state index in [9.17, 15) is 4.39 Å². The number of nitrogens with one attached hydrogen (secondary N) is 1. The molecule has 0 aromatic heterocycles. The predicted molar refractivity (Wildman–Crippen MR) is 56.5 cm³/mol. The van der Waals surface area contributed by atoms with Gasteiger partial charge >= 0.3 is 0 Å². The lowest BCUT2D eigenvalue weighted by Gasteiger charge is -1.99. The maximum absolute atomic E-state index is 12.9. The van der Waals surface area contributed by atoms with E-state index in [1.807, 2.05) is 6.07 Å². The van der Waals surface area contributed by atoms with E-state index >= 15 is 0 Å². The predicted octanol–water partition coefficient (Wildman–Crippen LogP) is 1.46. The lowest BCUT2D eigenvalue weighted by molar-refractivity contribution is 0.627. The van der Waals surface area contributed by atoms with Crippen LogP contribution in [0.3, 0.4) is 0 Å². The highest BCUT2D eigenvalue weighted by Crippen LogP contribution is 2.10. The van der Waals surface area contributed by atoms with Crippen LogP contribution in [0.2, 0.25) is 0 Å². The highest BCUT2D eigenvalue weighted by molar-refractivity contribution is 5.43. The van der Waals surface area contributed by atoms with Crippen molar-refractivity contribution in [2.75, 3.05) is 13.6 Å². The molecule has 1 rings (SSSR count). The summed E-state index contributed by atoms with van der Waals surface area (Å²) in [5, 5.41) is 11.5. The van der Waals surface area contributed by atoms with Gasteiger partial charge in [0.1, 0.15) is 5.82 Å². The summed E-state index contributed by atoms with van der Waals surface area (Å²) in [6, 6.07) is 6.33.